The van der Waals surface area contributed by atoms with Crippen LogP contribution >= 0.6 is 0 Å². The molecule has 4 aliphatic rings. The highest BCUT2D eigenvalue weighted by molar-refractivity contribution is 6.15. The molecule has 2 saturated heterocycles. The highest BCUT2D eigenvalue weighted by atomic mass is 16.6. The summed E-state index contributed by atoms with van der Waals surface area (Å²) in [6.07, 6.45) is 1.50. The summed E-state index contributed by atoms with van der Waals surface area (Å²) in [6, 6.07) is 7.72. The Bertz CT molecular complexity index is 2100. The second-order valence-corrected chi connectivity index (χ2v) is 18.1. The lowest BCUT2D eigenvalue weighted by Gasteiger charge is -2.35. The number of fused-ring (bicyclic) bond motifs is 2. The van der Waals surface area contributed by atoms with E-state index in [1.807, 2.05) is 0 Å². The number of hydrogen-bond donors (Lipinski definition) is 2. The monoisotopic (exact) mass is 870 g/mol. The third-order valence-corrected chi connectivity index (χ3v) is 11.0. The Labute approximate surface area is 364 Å². The van der Waals surface area contributed by atoms with Gasteiger partial charge < -0.3 is 29.9 Å². The first kappa shape index (κ1) is 46.1. The molecule has 2 aromatic carbocycles. The lowest BCUT2D eigenvalue weighted by atomic mass is 10.0. The minimum atomic E-state index is -1.08. The molecular formula is C45H54N6O12. The average Bonchev–Trinajstić information content (AvgIpc) is 3.70. The Morgan fingerprint density at radius 2 is 0.937 bits per heavy atom. The van der Waals surface area contributed by atoms with Gasteiger partial charge in [0.05, 0.1) is 0 Å². The van der Waals surface area contributed by atoms with Crippen molar-refractivity contribution in [2.24, 2.45) is 0 Å². The van der Waals surface area contributed by atoms with Gasteiger partial charge in [0, 0.05) is 72.4 Å². The number of ether oxygens (including phenoxy) is 2. The minimum Gasteiger partial charge on any atom is -0.443 e. The minimum absolute atomic E-state index is 0.00908. The average molecular weight is 871 g/mol. The standard InChI is InChI=1S/C45H54N6O12/c1-44(2,3)62-42(60)50-36(54)22-20-32(40(50)58)48-24-28-26(38(48)56)14-12-16-30(28)46-34(52)18-10-8-7-9-11-19-35(53)47-31-17-13-15-27-29(31)25-49(39(27)57)33-21-23-37(55)51(41(33)59)43(61)63-45(4,5)6/h12-17,32-33H,7-11,18-25H2,1-6H3,(H,46,52)(H,47,53). The molecule has 0 radical (unpaired) electrons. The Morgan fingerprint density at radius 3 is 1.30 bits per heavy atom. The van der Waals surface area contributed by atoms with Gasteiger partial charge in [0.1, 0.15) is 23.3 Å². The number of amides is 10. The van der Waals surface area contributed by atoms with Crippen molar-refractivity contribution in [2.45, 2.75) is 149 Å². The maximum Gasteiger partial charge on any atom is 0.424 e. The van der Waals surface area contributed by atoms with Crippen molar-refractivity contribution in [2.75, 3.05) is 10.6 Å². The molecule has 2 atom stereocenters. The highest BCUT2D eigenvalue weighted by Crippen LogP contribution is 2.36. The van der Waals surface area contributed by atoms with E-state index in [9.17, 15) is 47.9 Å². The van der Waals surface area contributed by atoms with Crippen LogP contribution < -0.4 is 10.6 Å². The van der Waals surface area contributed by atoms with E-state index in [2.05, 4.69) is 10.6 Å². The molecule has 0 aromatic heterocycles. The first-order chi connectivity index (χ1) is 29.6. The lowest BCUT2D eigenvalue weighted by molar-refractivity contribution is -0.152. The smallest absolute Gasteiger partial charge is 0.424 e. The quantitative estimate of drug-likeness (QED) is 0.190. The van der Waals surface area contributed by atoms with E-state index in [1.165, 1.54) is 9.80 Å². The van der Waals surface area contributed by atoms with E-state index in [0.717, 1.165) is 19.3 Å². The Kier molecular flexibility index (Phi) is 13.5. The third-order valence-electron chi connectivity index (χ3n) is 11.0. The molecule has 2 unspecified atom stereocenters. The second kappa shape index (κ2) is 18.5. The fourth-order valence-electron chi connectivity index (χ4n) is 8.09. The van der Waals surface area contributed by atoms with Crippen LogP contribution in [0.1, 0.15) is 144 Å². The summed E-state index contributed by atoms with van der Waals surface area (Å²) in [6.45, 7) is 9.71. The molecule has 0 saturated carbocycles. The van der Waals surface area contributed by atoms with E-state index in [1.54, 1.807) is 77.9 Å². The number of imide groups is 6. The lowest BCUT2D eigenvalue weighted by Crippen LogP contribution is -2.57. The fourth-order valence-corrected chi connectivity index (χ4v) is 8.09. The van der Waals surface area contributed by atoms with Gasteiger partial charge in [-0.2, -0.15) is 9.80 Å². The van der Waals surface area contributed by atoms with Gasteiger partial charge in [0.2, 0.25) is 23.6 Å². The molecule has 63 heavy (non-hydrogen) atoms. The molecular weight excluding hydrogens is 817 g/mol. The van der Waals surface area contributed by atoms with Crippen molar-refractivity contribution in [1.29, 1.82) is 0 Å². The third kappa shape index (κ3) is 10.4. The van der Waals surface area contributed by atoms with Crippen LogP contribution in [-0.2, 0) is 51.3 Å². The van der Waals surface area contributed by atoms with Crippen LogP contribution in [-0.4, -0.2) is 102 Å². The Balaban J connectivity index is 0.929. The number of anilines is 2. The molecule has 10 amide bonds. The first-order valence-corrected chi connectivity index (χ1v) is 21.3. The zero-order chi connectivity index (χ0) is 46.0. The number of carbonyl (C=O) groups excluding carboxylic acids is 10. The predicted octanol–water partition coefficient (Wildman–Crippen LogP) is 5.81. The van der Waals surface area contributed by atoms with Crippen LogP contribution in [0.25, 0.3) is 0 Å². The Morgan fingerprint density at radius 1 is 0.571 bits per heavy atom. The predicted molar refractivity (Wildman–Crippen MR) is 224 cm³/mol. The zero-order valence-electron chi connectivity index (χ0n) is 36.5. The van der Waals surface area contributed by atoms with Crippen molar-refractivity contribution >= 4 is 70.8 Å². The maximum atomic E-state index is 13.5. The summed E-state index contributed by atoms with van der Waals surface area (Å²) >= 11 is 0. The number of hydrogen-bond acceptors (Lipinski definition) is 12. The van der Waals surface area contributed by atoms with E-state index < -0.39 is 70.9 Å². The topological polar surface area (TPSA) is 226 Å². The molecule has 0 spiro atoms. The summed E-state index contributed by atoms with van der Waals surface area (Å²) in [5, 5.41) is 5.78. The van der Waals surface area contributed by atoms with Gasteiger partial charge in [0.25, 0.3) is 23.6 Å². The summed E-state index contributed by atoms with van der Waals surface area (Å²) in [5.74, 6) is -4.43. The van der Waals surface area contributed by atoms with Gasteiger partial charge in [-0.15, -0.1) is 0 Å². The number of rotatable bonds is 12. The van der Waals surface area contributed by atoms with Crippen molar-refractivity contribution in [3.63, 3.8) is 0 Å². The van der Waals surface area contributed by atoms with Crippen LogP contribution in [0, 0.1) is 0 Å². The Hall–Kier alpha value is -6.46. The summed E-state index contributed by atoms with van der Waals surface area (Å²) in [7, 11) is 0. The van der Waals surface area contributed by atoms with E-state index in [-0.39, 0.29) is 63.4 Å². The fraction of sp³-hybridized carbons (Fsp3) is 0.511. The van der Waals surface area contributed by atoms with Crippen molar-refractivity contribution in [1.82, 2.24) is 19.6 Å². The van der Waals surface area contributed by atoms with Crippen LogP contribution in [0.15, 0.2) is 36.4 Å². The van der Waals surface area contributed by atoms with E-state index in [4.69, 9.17) is 9.47 Å². The molecule has 18 heteroatoms. The summed E-state index contributed by atoms with van der Waals surface area (Å²) in [5.41, 5.74) is 0.706. The number of benzene rings is 2. The molecule has 0 aliphatic carbocycles. The van der Waals surface area contributed by atoms with Gasteiger partial charge in [0.15, 0.2) is 0 Å². The van der Waals surface area contributed by atoms with Crippen LogP contribution in [0.4, 0.5) is 21.0 Å². The number of nitrogens with one attached hydrogen (secondary N) is 2. The van der Waals surface area contributed by atoms with Crippen LogP contribution in [0.2, 0.25) is 0 Å². The van der Waals surface area contributed by atoms with Crippen molar-refractivity contribution in [3.05, 3.63) is 58.7 Å². The van der Waals surface area contributed by atoms with Crippen molar-refractivity contribution < 1.29 is 57.4 Å². The van der Waals surface area contributed by atoms with Gasteiger partial charge in [-0.25, -0.2) is 9.59 Å². The normalized spacial score (nSPS) is 19.0. The molecule has 4 aliphatic heterocycles. The number of nitrogens with zero attached hydrogens (tertiary/aromatic N) is 4. The van der Waals surface area contributed by atoms with Crippen LogP contribution in [0.5, 0.6) is 0 Å². The molecule has 2 fully saturated rings. The van der Waals surface area contributed by atoms with E-state index in [0.29, 0.717) is 56.3 Å². The molecule has 2 aromatic rings. The molecule has 18 nitrogen and oxygen atoms in total. The van der Waals surface area contributed by atoms with Gasteiger partial charge in [-0.3, -0.25) is 38.4 Å². The molecule has 2 N–H and O–H groups in total. The number of unbranched alkanes of at least 4 members (excludes halogenated alkanes) is 4. The largest absolute Gasteiger partial charge is 0.443 e. The second-order valence-electron chi connectivity index (χ2n) is 18.1. The van der Waals surface area contributed by atoms with Crippen LogP contribution in [0.3, 0.4) is 0 Å². The SMILES string of the molecule is CC(C)(C)OC(=O)N1C(=O)CCC(N2Cc3c(NC(=O)CCCCCCCC(=O)Nc4cccc5c4CN(C4CCC(=O)N(C(=O)OC(C)(C)C)C4=O)C5=O)cccc3C2=O)C1=O. The maximum absolute atomic E-state index is 13.5. The molecule has 4 heterocycles. The molecule has 0 bridgehead atoms. The molecule has 336 valence electrons. The summed E-state index contributed by atoms with van der Waals surface area (Å²) in [4.78, 5) is 134. The number of piperidine rings is 2. The van der Waals surface area contributed by atoms with Gasteiger partial charge >= 0.3 is 12.2 Å². The summed E-state index contributed by atoms with van der Waals surface area (Å²) < 4.78 is 10.5. The highest BCUT2D eigenvalue weighted by Gasteiger charge is 2.48. The first-order valence-electron chi connectivity index (χ1n) is 21.3. The zero-order valence-corrected chi connectivity index (χ0v) is 36.5. The van der Waals surface area contributed by atoms with Gasteiger partial charge in [-0.1, -0.05) is 31.4 Å². The number of carbonyl (C=O) groups is 10. The van der Waals surface area contributed by atoms with Crippen molar-refractivity contribution in [3.8, 4) is 0 Å². The molecule has 6 rings (SSSR count). The van der Waals surface area contributed by atoms with E-state index >= 15 is 0 Å². The van der Waals surface area contributed by atoms with Gasteiger partial charge in [-0.05, 0) is 91.5 Å². The number of likely N-dealkylation sites (tertiary alicyclic amines) is 2.